The maximum atomic E-state index is 13.0. The molecule has 0 aromatic heterocycles. The Morgan fingerprint density at radius 2 is 1.64 bits per heavy atom. The number of carbonyl (C=O) groups excluding carboxylic acids is 1. The quantitative estimate of drug-likeness (QED) is 0.788. The van der Waals surface area contributed by atoms with Crippen LogP contribution in [0.1, 0.15) is 29.6 Å². The lowest BCUT2D eigenvalue weighted by Crippen LogP contribution is -2.36. The minimum absolute atomic E-state index is 0.0287. The topological polar surface area (TPSA) is 75.7 Å². The summed E-state index contributed by atoms with van der Waals surface area (Å²) in [5.74, 6) is -0.639. The van der Waals surface area contributed by atoms with Crippen molar-refractivity contribution in [3.63, 3.8) is 0 Å². The van der Waals surface area contributed by atoms with E-state index in [0.29, 0.717) is 18.8 Å². The average Bonchev–Trinajstić information content (AvgIpc) is 2.70. The highest BCUT2D eigenvalue weighted by atomic mass is 32.2. The van der Waals surface area contributed by atoms with Gasteiger partial charge in [-0.25, -0.2) is 8.42 Å². The van der Waals surface area contributed by atoms with Crippen LogP contribution >= 0.6 is 0 Å². The number of alkyl halides is 2. The highest BCUT2D eigenvalue weighted by Gasteiger charge is 2.29. The van der Waals surface area contributed by atoms with Crippen LogP contribution in [0.25, 0.3) is 0 Å². The number of piperidine rings is 1. The summed E-state index contributed by atoms with van der Waals surface area (Å²) >= 11 is 0. The molecule has 1 aliphatic rings. The number of rotatable bonds is 6. The van der Waals surface area contributed by atoms with Crippen LogP contribution in [0.15, 0.2) is 53.4 Å². The molecule has 150 valence electrons. The fourth-order valence-corrected chi connectivity index (χ4v) is 4.75. The van der Waals surface area contributed by atoms with E-state index in [4.69, 9.17) is 0 Å². The van der Waals surface area contributed by atoms with Crippen LogP contribution in [0.3, 0.4) is 0 Å². The van der Waals surface area contributed by atoms with Crippen molar-refractivity contribution >= 4 is 21.6 Å². The Labute approximate surface area is 162 Å². The van der Waals surface area contributed by atoms with Gasteiger partial charge < -0.3 is 10.1 Å². The Hall–Kier alpha value is -2.52. The number of hydrogen-bond donors (Lipinski definition) is 1. The average molecular weight is 410 g/mol. The van der Waals surface area contributed by atoms with Gasteiger partial charge in [0, 0.05) is 18.8 Å². The number of carbonyl (C=O) groups is 1. The molecule has 6 nitrogen and oxygen atoms in total. The number of halogens is 2. The van der Waals surface area contributed by atoms with Crippen molar-refractivity contribution in [2.24, 2.45) is 0 Å². The third-order valence-corrected chi connectivity index (χ3v) is 6.36. The molecule has 0 saturated carbocycles. The molecule has 1 heterocycles. The van der Waals surface area contributed by atoms with Crippen LogP contribution in [-0.4, -0.2) is 38.3 Å². The number of amides is 1. The smallest absolute Gasteiger partial charge is 0.387 e. The van der Waals surface area contributed by atoms with Gasteiger partial charge in [-0.3, -0.25) is 4.79 Å². The van der Waals surface area contributed by atoms with Crippen molar-refractivity contribution in [2.45, 2.75) is 30.8 Å². The van der Waals surface area contributed by atoms with Gasteiger partial charge in [0.05, 0.1) is 10.5 Å². The van der Waals surface area contributed by atoms with E-state index in [1.54, 1.807) is 12.1 Å². The molecule has 9 heteroatoms. The molecule has 1 aliphatic heterocycles. The molecule has 2 aromatic rings. The zero-order chi connectivity index (χ0) is 20.1. The normalized spacial score (nSPS) is 15.4. The predicted molar refractivity (Wildman–Crippen MR) is 100 cm³/mol. The summed E-state index contributed by atoms with van der Waals surface area (Å²) in [7, 11) is -3.78. The van der Waals surface area contributed by atoms with Crippen LogP contribution in [0.5, 0.6) is 5.75 Å². The van der Waals surface area contributed by atoms with Gasteiger partial charge in [-0.15, -0.1) is 0 Å². The molecule has 0 atom stereocenters. The van der Waals surface area contributed by atoms with Crippen LogP contribution in [-0.2, 0) is 10.0 Å². The fourth-order valence-electron chi connectivity index (χ4n) is 3.04. The molecule has 3 rings (SSSR count). The van der Waals surface area contributed by atoms with Crippen molar-refractivity contribution in [2.75, 3.05) is 18.4 Å². The molecular weight excluding hydrogens is 390 g/mol. The van der Waals surface area contributed by atoms with Gasteiger partial charge in [-0.2, -0.15) is 13.1 Å². The van der Waals surface area contributed by atoms with E-state index in [0.717, 1.165) is 19.3 Å². The van der Waals surface area contributed by atoms with Crippen LogP contribution < -0.4 is 10.1 Å². The number of hydrogen-bond acceptors (Lipinski definition) is 4. The highest BCUT2D eigenvalue weighted by molar-refractivity contribution is 7.89. The lowest BCUT2D eigenvalue weighted by molar-refractivity contribution is -0.0498. The lowest BCUT2D eigenvalue weighted by Gasteiger charge is -2.26. The van der Waals surface area contributed by atoms with E-state index >= 15 is 0 Å². The summed E-state index contributed by atoms with van der Waals surface area (Å²) in [5.41, 5.74) is 0.359. The highest BCUT2D eigenvalue weighted by Crippen LogP contribution is 2.25. The Bertz CT molecular complexity index is 927. The Kier molecular flexibility index (Phi) is 6.25. The predicted octanol–water partition coefficient (Wildman–Crippen LogP) is 3.71. The Morgan fingerprint density at radius 3 is 2.29 bits per heavy atom. The minimum atomic E-state index is -3.78. The number of ether oxygens (including phenoxy) is 1. The standard InChI is InChI=1S/C19H20F2N2O4S/c20-19(21)27-15-10-8-14(9-11-15)22-18(24)16-6-2-3-7-17(16)28(25,26)23-12-4-1-5-13-23/h2-3,6-11,19H,1,4-5,12-13H2,(H,22,24). The SMILES string of the molecule is O=C(Nc1ccc(OC(F)F)cc1)c1ccccc1S(=O)(=O)N1CCCCC1. The van der Waals surface area contributed by atoms with Crippen molar-refractivity contribution in [3.05, 3.63) is 54.1 Å². The first-order valence-corrected chi connectivity index (χ1v) is 10.3. The molecular formula is C19H20F2N2O4S. The van der Waals surface area contributed by atoms with Gasteiger partial charge in [-0.05, 0) is 49.2 Å². The summed E-state index contributed by atoms with van der Waals surface area (Å²) in [6.45, 7) is -2.07. The number of sulfonamides is 1. The lowest BCUT2D eigenvalue weighted by atomic mass is 10.2. The molecule has 1 fully saturated rings. The minimum Gasteiger partial charge on any atom is -0.435 e. The summed E-state index contributed by atoms with van der Waals surface area (Å²) in [6.07, 6.45) is 2.57. The molecule has 1 saturated heterocycles. The zero-order valence-corrected chi connectivity index (χ0v) is 15.8. The van der Waals surface area contributed by atoms with Gasteiger partial charge in [0.25, 0.3) is 5.91 Å². The van der Waals surface area contributed by atoms with E-state index in [-0.39, 0.29) is 16.2 Å². The molecule has 0 spiro atoms. The number of anilines is 1. The first-order valence-electron chi connectivity index (χ1n) is 8.83. The molecule has 1 amide bonds. The maximum absolute atomic E-state index is 13.0. The Balaban J connectivity index is 1.81. The van der Waals surface area contributed by atoms with E-state index in [1.165, 1.54) is 40.7 Å². The number of nitrogens with zero attached hydrogens (tertiary/aromatic N) is 1. The summed E-state index contributed by atoms with van der Waals surface area (Å²) in [6, 6.07) is 11.4. The van der Waals surface area contributed by atoms with Crippen molar-refractivity contribution in [1.29, 1.82) is 0 Å². The largest absolute Gasteiger partial charge is 0.435 e. The van der Waals surface area contributed by atoms with Gasteiger partial charge in [0.1, 0.15) is 5.75 Å². The van der Waals surface area contributed by atoms with Crippen molar-refractivity contribution in [3.8, 4) is 5.75 Å². The summed E-state index contributed by atoms with van der Waals surface area (Å²) in [5, 5.41) is 2.59. The molecule has 0 bridgehead atoms. The fraction of sp³-hybridized carbons (Fsp3) is 0.316. The van der Waals surface area contributed by atoms with Crippen LogP contribution in [0, 0.1) is 0 Å². The van der Waals surface area contributed by atoms with E-state index in [1.807, 2.05) is 0 Å². The maximum Gasteiger partial charge on any atom is 0.387 e. The van der Waals surface area contributed by atoms with Gasteiger partial charge >= 0.3 is 6.61 Å². The molecule has 28 heavy (non-hydrogen) atoms. The van der Waals surface area contributed by atoms with Gasteiger partial charge in [0.2, 0.25) is 10.0 Å². The van der Waals surface area contributed by atoms with E-state index in [2.05, 4.69) is 10.1 Å². The summed E-state index contributed by atoms with van der Waals surface area (Å²) in [4.78, 5) is 12.6. The molecule has 0 unspecified atom stereocenters. The third-order valence-electron chi connectivity index (χ3n) is 4.40. The first-order chi connectivity index (χ1) is 13.4. The first kappa shape index (κ1) is 20.2. The second-order valence-corrected chi connectivity index (χ2v) is 8.22. The Morgan fingerprint density at radius 1 is 1.00 bits per heavy atom. The van der Waals surface area contributed by atoms with Crippen molar-refractivity contribution in [1.82, 2.24) is 4.31 Å². The van der Waals surface area contributed by atoms with Crippen molar-refractivity contribution < 1.29 is 26.7 Å². The monoisotopic (exact) mass is 410 g/mol. The molecule has 0 radical (unpaired) electrons. The van der Waals surface area contributed by atoms with Gasteiger partial charge in [0.15, 0.2) is 0 Å². The molecule has 1 N–H and O–H groups in total. The summed E-state index contributed by atoms with van der Waals surface area (Å²) < 4.78 is 56.0. The van der Waals surface area contributed by atoms with Gasteiger partial charge in [-0.1, -0.05) is 18.6 Å². The van der Waals surface area contributed by atoms with Crippen LogP contribution in [0.2, 0.25) is 0 Å². The second-order valence-electron chi connectivity index (χ2n) is 6.32. The second kappa shape index (κ2) is 8.66. The van der Waals surface area contributed by atoms with E-state index in [9.17, 15) is 22.0 Å². The third kappa shape index (κ3) is 4.66. The number of nitrogens with one attached hydrogen (secondary N) is 1. The molecule has 0 aliphatic carbocycles. The van der Waals surface area contributed by atoms with Crippen LogP contribution in [0.4, 0.5) is 14.5 Å². The van der Waals surface area contributed by atoms with E-state index < -0.39 is 22.5 Å². The number of benzene rings is 2. The molecule has 2 aromatic carbocycles. The zero-order valence-electron chi connectivity index (χ0n) is 15.0.